The molecule has 1 aromatic rings. The van der Waals surface area contributed by atoms with E-state index in [0.29, 0.717) is 0 Å². The quantitative estimate of drug-likeness (QED) is 0.867. The monoisotopic (exact) mass is 253 g/mol. The number of rotatable bonds is 2. The van der Waals surface area contributed by atoms with Gasteiger partial charge in [0.2, 0.25) is 0 Å². The second kappa shape index (κ2) is 5.80. The lowest BCUT2D eigenvalue weighted by Gasteiger charge is -2.34. The van der Waals surface area contributed by atoms with Crippen molar-refractivity contribution in [2.24, 2.45) is 11.8 Å². The Hall–Kier alpha value is -0.640. The summed E-state index contributed by atoms with van der Waals surface area (Å²) in [6.07, 6.45) is 5.19. The second-order valence-electron chi connectivity index (χ2n) is 5.06. The highest BCUT2D eigenvalue weighted by Crippen LogP contribution is 2.27. The molecule has 2 fully saturated rings. The fourth-order valence-electron chi connectivity index (χ4n) is 3.00. The lowest BCUT2D eigenvalue weighted by atomic mass is 9.88. The van der Waals surface area contributed by atoms with Crippen molar-refractivity contribution in [2.75, 3.05) is 26.2 Å². The Kier molecular flexibility index (Phi) is 4.37. The summed E-state index contributed by atoms with van der Waals surface area (Å²) >= 11 is 0. The maximum absolute atomic E-state index is 4.18. The SMILES string of the molecule is Cl.c1cncc(CN2CCC3CNCC3C2)c1. The maximum atomic E-state index is 4.18. The molecule has 2 atom stereocenters. The van der Waals surface area contributed by atoms with Gasteiger partial charge in [0.15, 0.2) is 0 Å². The Balaban J connectivity index is 0.00000108. The van der Waals surface area contributed by atoms with Crippen LogP contribution in [0.4, 0.5) is 0 Å². The van der Waals surface area contributed by atoms with Crippen LogP contribution in [0.3, 0.4) is 0 Å². The lowest BCUT2D eigenvalue weighted by Crippen LogP contribution is -2.39. The number of hydrogen-bond donors (Lipinski definition) is 1. The Bertz CT molecular complexity index is 344. The highest BCUT2D eigenvalue weighted by atomic mass is 35.5. The topological polar surface area (TPSA) is 28.2 Å². The lowest BCUT2D eigenvalue weighted by molar-refractivity contribution is 0.142. The van der Waals surface area contributed by atoms with E-state index in [9.17, 15) is 0 Å². The first-order valence-corrected chi connectivity index (χ1v) is 6.24. The van der Waals surface area contributed by atoms with Crippen molar-refractivity contribution in [3.8, 4) is 0 Å². The first-order chi connectivity index (χ1) is 7.92. The van der Waals surface area contributed by atoms with Gasteiger partial charge in [-0.15, -0.1) is 12.4 Å². The largest absolute Gasteiger partial charge is 0.316 e. The predicted octanol–water partition coefficient (Wildman–Crippen LogP) is 1.54. The number of pyridine rings is 1. The van der Waals surface area contributed by atoms with Crippen LogP contribution in [0.2, 0.25) is 0 Å². The number of nitrogens with zero attached hydrogens (tertiary/aromatic N) is 2. The van der Waals surface area contributed by atoms with Crippen LogP contribution in [-0.4, -0.2) is 36.1 Å². The Morgan fingerprint density at radius 3 is 3.06 bits per heavy atom. The standard InChI is InChI=1S/C13H19N3.ClH/c1-2-11(6-14-4-1)9-16-5-3-12-7-15-8-13(12)10-16;/h1-2,4,6,12-13,15H,3,5,7-10H2;1H. The second-order valence-corrected chi connectivity index (χ2v) is 5.06. The zero-order valence-electron chi connectivity index (χ0n) is 10.0. The molecule has 0 amide bonds. The molecule has 3 nitrogen and oxygen atoms in total. The summed E-state index contributed by atoms with van der Waals surface area (Å²) in [5.74, 6) is 1.82. The van der Waals surface area contributed by atoms with Crippen LogP contribution in [0.5, 0.6) is 0 Å². The van der Waals surface area contributed by atoms with E-state index in [0.717, 1.165) is 18.4 Å². The Morgan fingerprint density at radius 1 is 1.35 bits per heavy atom. The van der Waals surface area contributed by atoms with Gasteiger partial charge in [0.25, 0.3) is 0 Å². The third kappa shape index (κ3) is 2.97. The molecule has 17 heavy (non-hydrogen) atoms. The van der Waals surface area contributed by atoms with Gasteiger partial charge in [0, 0.05) is 25.5 Å². The van der Waals surface area contributed by atoms with Crippen molar-refractivity contribution in [1.82, 2.24) is 15.2 Å². The van der Waals surface area contributed by atoms with Crippen LogP contribution in [0.1, 0.15) is 12.0 Å². The van der Waals surface area contributed by atoms with E-state index in [-0.39, 0.29) is 12.4 Å². The first kappa shape index (κ1) is 12.8. The highest BCUT2D eigenvalue weighted by molar-refractivity contribution is 5.85. The molecule has 3 rings (SSSR count). The summed E-state index contributed by atoms with van der Waals surface area (Å²) in [6, 6.07) is 4.20. The molecule has 2 aliphatic rings. The number of hydrogen-bond acceptors (Lipinski definition) is 3. The van der Waals surface area contributed by atoms with Crippen LogP contribution < -0.4 is 5.32 Å². The van der Waals surface area contributed by atoms with Gasteiger partial charge in [-0.05, 0) is 49.5 Å². The number of nitrogens with one attached hydrogen (secondary N) is 1. The number of aromatic nitrogens is 1. The van der Waals surface area contributed by atoms with E-state index in [1.807, 2.05) is 18.5 Å². The molecule has 3 heterocycles. The van der Waals surface area contributed by atoms with Crippen molar-refractivity contribution >= 4 is 12.4 Å². The minimum absolute atomic E-state index is 0. The van der Waals surface area contributed by atoms with Gasteiger partial charge in [-0.1, -0.05) is 6.07 Å². The van der Waals surface area contributed by atoms with Crippen molar-refractivity contribution in [3.05, 3.63) is 30.1 Å². The van der Waals surface area contributed by atoms with Crippen LogP contribution in [0, 0.1) is 11.8 Å². The minimum Gasteiger partial charge on any atom is -0.316 e. The summed E-state index contributed by atoms with van der Waals surface area (Å²) in [7, 11) is 0. The summed E-state index contributed by atoms with van der Waals surface area (Å²) in [6.45, 7) is 6.03. The molecular formula is C13H20ClN3. The third-order valence-electron chi connectivity index (χ3n) is 3.92. The van der Waals surface area contributed by atoms with Crippen LogP contribution in [-0.2, 0) is 6.54 Å². The number of fused-ring (bicyclic) bond motifs is 1. The van der Waals surface area contributed by atoms with Gasteiger partial charge < -0.3 is 5.32 Å². The minimum atomic E-state index is 0. The molecule has 1 aromatic heterocycles. The van der Waals surface area contributed by atoms with Gasteiger partial charge in [-0.25, -0.2) is 0 Å². The number of halogens is 1. The predicted molar refractivity (Wildman–Crippen MR) is 71.2 cm³/mol. The van der Waals surface area contributed by atoms with Crippen molar-refractivity contribution in [2.45, 2.75) is 13.0 Å². The summed E-state index contributed by atoms with van der Waals surface area (Å²) in [5, 5.41) is 3.51. The van der Waals surface area contributed by atoms with E-state index in [1.54, 1.807) is 0 Å². The van der Waals surface area contributed by atoms with Gasteiger partial charge >= 0.3 is 0 Å². The average molecular weight is 254 g/mol. The van der Waals surface area contributed by atoms with Crippen LogP contribution in [0.15, 0.2) is 24.5 Å². The fourth-order valence-corrected chi connectivity index (χ4v) is 3.00. The van der Waals surface area contributed by atoms with E-state index in [2.05, 4.69) is 21.3 Å². The molecule has 0 spiro atoms. The van der Waals surface area contributed by atoms with E-state index < -0.39 is 0 Å². The molecular weight excluding hydrogens is 234 g/mol. The number of likely N-dealkylation sites (tertiary alicyclic amines) is 1. The molecule has 2 saturated heterocycles. The van der Waals surface area contributed by atoms with Crippen molar-refractivity contribution in [1.29, 1.82) is 0 Å². The molecule has 0 radical (unpaired) electrons. The smallest absolute Gasteiger partial charge is 0.0312 e. The van der Waals surface area contributed by atoms with Gasteiger partial charge in [0.1, 0.15) is 0 Å². The van der Waals surface area contributed by atoms with E-state index in [1.165, 1.54) is 38.2 Å². The number of piperidine rings is 1. The average Bonchev–Trinajstić information content (AvgIpc) is 2.77. The molecule has 0 bridgehead atoms. The van der Waals surface area contributed by atoms with Gasteiger partial charge in [-0.3, -0.25) is 9.88 Å². The normalized spacial score (nSPS) is 28.5. The zero-order chi connectivity index (χ0) is 10.8. The van der Waals surface area contributed by atoms with E-state index in [4.69, 9.17) is 0 Å². The molecule has 1 N–H and O–H groups in total. The Labute approximate surface area is 109 Å². The van der Waals surface area contributed by atoms with Gasteiger partial charge in [-0.2, -0.15) is 0 Å². The zero-order valence-corrected chi connectivity index (χ0v) is 10.8. The molecule has 0 aliphatic carbocycles. The van der Waals surface area contributed by atoms with Crippen LogP contribution >= 0.6 is 12.4 Å². The summed E-state index contributed by atoms with van der Waals surface area (Å²) in [4.78, 5) is 6.75. The molecule has 2 aliphatic heterocycles. The molecule has 94 valence electrons. The third-order valence-corrected chi connectivity index (χ3v) is 3.92. The molecule has 2 unspecified atom stereocenters. The van der Waals surface area contributed by atoms with Crippen molar-refractivity contribution < 1.29 is 0 Å². The van der Waals surface area contributed by atoms with Crippen molar-refractivity contribution in [3.63, 3.8) is 0 Å². The first-order valence-electron chi connectivity index (χ1n) is 6.24. The molecule has 0 saturated carbocycles. The fraction of sp³-hybridized carbons (Fsp3) is 0.615. The molecule has 0 aromatic carbocycles. The Morgan fingerprint density at radius 2 is 2.24 bits per heavy atom. The molecule has 4 heteroatoms. The summed E-state index contributed by atoms with van der Waals surface area (Å²) in [5.41, 5.74) is 1.34. The van der Waals surface area contributed by atoms with Crippen LogP contribution in [0.25, 0.3) is 0 Å². The van der Waals surface area contributed by atoms with E-state index >= 15 is 0 Å². The van der Waals surface area contributed by atoms with Gasteiger partial charge in [0.05, 0.1) is 0 Å². The maximum Gasteiger partial charge on any atom is 0.0312 e. The summed E-state index contributed by atoms with van der Waals surface area (Å²) < 4.78 is 0. The highest BCUT2D eigenvalue weighted by Gasteiger charge is 2.32.